The van der Waals surface area contributed by atoms with Crippen LogP contribution in [0, 0.1) is 0 Å². The van der Waals surface area contributed by atoms with Crippen molar-refractivity contribution in [1.82, 2.24) is 9.97 Å². The third kappa shape index (κ3) is 5.28. The van der Waals surface area contributed by atoms with E-state index >= 15 is 0 Å². The first-order valence-electron chi connectivity index (χ1n) is 11.1. The quantitative estimate of drug-likeness (QED) is 0.268. The van der Waals surface area contributed by atoms with Crippen molar-refractivity contribution in [3.63, 3.8) is 0 Å². The fraction of sp³-hybridized carbons (Fsp3) is 0.115. The van der Waals surface area contributed by atoms with E-state index in [-0.39, 0.29) is 6.03 Å². The van der Waals surface area contributed by atoms with Crippen LogP contribution in [0.2, 0.25) is 5.02 Å². The maximum Gasteiger partial charge on any atom is 0.323 e. The second kappa shape index (κ2) is 9.90. The highest BCUT2D eigenvalue weighted by Gasteiger charge is 2.13. The van der Waals surface area contributed by atoms with Gasteiger partial charge in [-0.25, -0.2) is 9.78 Å². The van der Waals surface area contributed by atoms with E-state index in [1.165, 1.54) is 0 Å². The number of urea groups is 1. The SMILES string of the molecule is COc1ccccc1NC(=O)Nc1ccc2cc1CCc1cccc(c1)Nc1ncc(Cl)c(n1)N2. The molecule has 0 fully saturated rings. The Labute approximate surface area is 207 Å². The molecule has 3 aromatic carbocycles. The molecule has 1 aromatic heterocycles. The van der Waals surface area contributed by atoms with Gasteiger partial charge in [0.15, 0.2) is 5.82 Å². The Morgan fingerprint density at radius 3 is 2.66 bits per heavy atom. The summed E-state index contributed by atoms with van der Waals surface area (Å²) in [5.41, 5.74) is 5.09. The molecule has 0 unspecified atom stereocenters. The molecule has 9 heteroatoms. The first-order chi connectivity index (χ1) is 17.1. The molecule has 0 saturated carbocycles. The number of aryl methyl sites for hydroxylation is 2. The van der Waals surface area contributed by atoms with E-state index in [4.69, 9.17) is 16.3 Å². The molecular weight excluding hydrogens is 464 g/mol. The van der Waals surface area contributed by atoms with Crippen LogP contribution in [0.4, 0.5) is 39.3 Å². The number of ether oxygens (including phenoxy) is 1. The third-order valence-electron chi connectivity index (χ3n) is 5.58. The first kappa shape index (κ1) is 22.5. The Hall–Kier alpha value is -4.30. The van der Waals surface area contributed by atoms with Gasteiger partial charge in [0.05, 0.1) is 19.0 Å². The van der Waals surface area contributed by atoms with Gasteiger partial charge in [-0.1, -0.05) is 35.9 Å². The Morgan fingerprint density at radius 2 is 1.77 bits per heavy atom. The summed E-state index contributed by atoms with van der Waals surface area (Å²) < 4.78 is 5.33. The second-order valence-electron chi connectivity index (χ2n) is 7.99. The topological polar surface area (TPSA) is 100 Å². The zero-order valence-electron chi connectivity index (χ0n) is 18.9. The number of hydrogen-bond donors (Lipinski definition) is 4. The molecular formula is C26H23ClN6O2. The second-order valence-corrected chi connectivity index (χ2v) is 8.40. The molecule has 0 atom stereocenters. The molecule has 4 aromatic rings. The summed E-state index contributed by atoms with van der Waals surface area (Å²) in [4.78, 5) is 21.6. The summed E-state index contributed by atoms with van der Waals surface area (Å²) in [5, 5.41) is 12.7. The van der Waals surface area contributed by atoms with Crippen LogP contribution in [0.3, 0.4) is 0 Å². The van der Waals surface area contributed by atoms with E-state index in [0.717, 1.165) is 28.9 Å². The van der Waals surface area contributed by atoms with Crippen molar-refractivity contribution in [1.29, 1.82) is 0 Å². The van der Waals surface area contributed by atoms with Gasteiger partial charge in [0.25, 0.3) is 0 Å². The van der Waals surface area contributed by atoms with Gasteiger partial charge in [-0.05, 0) is 66.4 Å². The van der Waals surface area contributed by atoms with Crippen molar-refractivity contribution in [2.45, 2.75) is 12.8 Å². The summed E-state index contributed by atoms with van der Waals surface area (Å²) in [6.45, 7) is 0. The van der Waals surface area contributed by atoms with Crippen molar-refractivity contribution >= 4 is 52.1 Å². The number of nitrogens with one attached hydrogen (secondary N) is 4. The van der Waals surface area contributed by atoms with E-state index in [2.05, 4.69) is 43.4 Å². The van der Waals surface area contributed by atoms with Crippen molar-refractivity contribution in [3.05, 3.63) is 89.1 Å². The molecule has 176 valence electrons. The monoisotopic (exact) mass is 486 g/mol. The first-order valence-corrected chi connectivity index (χ1v) is 11.4. The average Bonchev–Trinajstić information content (AvgIpc) is 2.86. The number of carbonyl (C=O) groups excluding carboxylic acids is 1. The van der Waals surface area contributed by atoms with Crippen LogP contribution in [0.15, 0.2) is 72.9 Å². The summed E-state index contributed by atoms with van der Waals surface area (Å²) in [7, 11) is 1.57. The van der Waals surface area contributed by atoms with Crippen LogP contribution in [0.25, 0.3) is 0 Å². The summed E-state index contributed by atoms with van der Waals surface area (Å²) in [6, 6.07) is 20.7. The minimum atomic E-state index is -0.357. The number of halogens is 1. The molecule has 35 heavy (non-hydrogen) atoms. The number of amides is 2. The molecule has 0 aliphatic carbocycles. The highest BCUT2D eigenvalue weighted by Crippen LogP contribution is 2.30. The molecule has 6 bridgehead atoms. The maximum atomic E-state index is 12.8. The number of carbonyl (C=O) groups is 1. The van der Waals surface area contributed by atoms with E-state index < -0.39 is 0 Å². The number of nitrogens with zero attached hydrogens (tertiary/aromatic N) is 2. The van der Waals surface area contributed by atoms with Gasteiger partial charge < -0.3 is 26.0 Å². The molecule has 8 nitrogen and oxygen atoms in total. The largest absolute Gasteiger partial charge is 0.495 e. The fourth-order valence-electron chi connectivity index (χ4n) is 3.89. The fourth-order valence-corrected chi connectivity index (χ4v) is 4.03. The molecule has 2 amide bonds. The van der Waals surface area contributed by atoms with Crippen LogP contribution in [-0.4, -0.2) is 23.1 Å². The summed E-state index contributed by atoms with van der Waals surface area (Å²) in [6.07, 6.45) is 3.04. The number of hydrogen-bond acceptors (Lipinski definition) is 6. The van der Waals surface area contributed by atoms with Gasteiger partial charge in [0, 0.05) is 17.1 Å². The van der Waals surface area contributed by atoms with Gasteiger partial charge in [0.1, 0.15) is 10.8 Å². The Kier molecular flexibility index (Phi) is 6.36. The molecule has 1 aliphatic rings. The number of anilines is 6. The highest BCUT2D eigenvalue weighted by atomic mass is 35.5. The van der Waals surface area contributed by atoms with E-state index in [0.29, 0.717) is 40.3 Å². The van der Waals surface area contributed by atoms with Gasteiger partial charge in [-0.3, -0.25) is 0 Å². The van der Waals surface area contributed by atoms with E-state index in [1.54, 1.807) is 25.4 Å². The predicted octanol–water partition coefficient (Wildman–Crippen LogP) is 6.37. The molecule has 1 aliphatic heterocycles. The number of aromatic nitrogens is 2. The van der Waals surface area contributed by atoms with Gasteiger partial charge in [-0.15, -0.1) is 0 Å². The summed E-state index contributed by atoms with van der Waals surface area (Å²) >= 11 is 6.34. The standard InChI is InChI=1S/C26H23ClN6O2/c1-35-23-8-3-2-7-22(23)32-26(34)31-21-12-11-19-14-17(21)10-9-16-5-4-6-18(13-16)30-25-28-15-20(27)24(29-19)33-25/h2-8,11-15H,9-10H2,1H3,(H2,31,32,34)(H2,28,29,30,33). The van der Waals surface area contributed by atoms with Gasteiger partial charge in [0.2, 0.25) is 5.95 Å². The van der Waals surface area contributed by atoms with E-state index in [9.17, 15) is 4.79 Å². The molecule has 5 rings (SSSR count). The highest BCUT2D eigenvalue weighted by molar-refractivity contribution is 6.32. The number of para-hydroxylation sites is 2. The Morgan fingerprint density at radius 1 is 0.943 bits per heavy atom. The number of benzene rings is 3. The average molecular weight is 487 g/mol. The molecule has 0 saturated heterocycles. The smallest absolute Gasteiger partial charge is 0.323 e. The maximum absolute atomic E-state index is 12.8. The number of methoxy groups -OCH3 is 1. The Balaban J connectivity index is 1.46. The number of fused-ring (bicyclic) bond motifs is 6. The zero-order valence-corrected chi connectivity index (χ0v) is 19.7. The van der Waals surface area contributed by atoms with Crippen molar-refractivity contribution in [3.8, 4) is 5.75 Å². The Bertz CT molecular complexity index is 1390. The van der Waals surface area contributed by atoms with Crippen molar-refractivity contribution < 1.29 is 9.53 Å². The minimum Gasteiger partial charge on any atom is -0.495 e. The molecule has 2 heterocycles. The molecule has 0 spiro atoms. The minimum absolute atomic E-state index is 0.357. The lowest BCUT2D eigenvalue weighted by atomic mass is 10.0. The lowest BCUT2D eigenvalue weighted by Gasteiger charge is -2.16. The van der Waals surface area contributed by atoms with Crippen LogP contribution in [0.5, 0.6) is 5.75 Å². The van der Waals surface area contributed by atoms with Gasteiger partial charge >= 0.3 is 6.03 Å². The van der Waals surface area contributed by atoms with Crippen LogP contribution < -0.4 is 26.0 Å². The molecule has 4 N–H and O–H groups in total. The van der Waals surface area contributed by atoms with Crippen molar-refractivity contribution in [2.75, 3.05) is 28.4 Å². The third-order valence-corrected chi connectivity index (χ3v) is 5.86. The van der Waals surface area contributed by atoms with Crippen LogP contribution >= 0.6 is 11.6 Å². The lowest BCUT2D eigenvalue weighted by Crippen LogP contribution is -2.20. The zero-order chi connectivity index (χ0) is 24.2. The van der Waals surface area contributed by atoms with Crippen molar-refractivity contribution in [2.24, 2.45) is 0 Å². The normalized spacial score (nSPS) is 12.1. The predicted molar refractivity (Wildman–Crippen MR) is 140 cm³/mol. The van der Waals surface area contributed by atoms with E-state index in [1.807, 2.05) is 42.5 Å². The summed E-state index contributed by atoms with van der Waals surface area (Å²) in [5.74, 6) is 1.52. The number of rotatable bonds is 3. The lowest BCUT2D eigenvalue weighted by molar-refractivity contribution is 0.262. The van der Waals surface area contributed by atoms with Crippen LogP contribution in [0.1, 0.15) is 11.1 Å². The molecule has 0 radical (unpaired) electrons. The van der Waals surface area contributed by atoms with Crippen LogP contribution in [-0.2, 0) is 12.8 Å². The van der Waals surface area contributed by atoms with Gasteiger partial charge in [-0.2, -0.15) is 4.98 Å².